The molecule has 1 fully saturated rings. The van der Waals surface area contributed by atoms with Gasteiger partial charge in [0.05, 0.1) is 10.6 Å². The first kappa shape index (κ1) is 17.4. The molecule has 0 aliphatic carbocycles. The molecule has 0 aromatic heterocycles. The van der Waals surface area contributed by atoms with Gasteiger partial charge in [0, 0.05) is 18.2 Å². The fraction of sp³-hybridized carbons (Fsp3) is 0.500. The lowest BCUT2D eigenvalue weighted by Crippen LogP contribution is -2.51. The Balaban J connectivity index is 2.25. The van der Waals surface area contributed by atoms with Crippen LogP contribution in [0.15, 0.2) is 12.1 Å². The molecular weight excluding hydrogens is 320 g/mol. The molecule has 7 heteroatoms. The Morgan fingerprint density at radius 1 is 1.26 bits per heavy atom. The molecule has 0 radical (unpaired) electrons. The standard InChI is InChI=1S/C16H21ClN2O4/c1-16(2,3)18-14(22)11-5-4-6-19(11)15(23)9-7-10(17)13(21)8-12(9)20/h7-8,11,20-21H,4-6H2,1-3H3,(H,18,22)/t11-/m1/s1. The second-order valence-corrected chi connectivity index (χ2v) is 7.12. The van der Waals surface area contributed by atoms with Crippen molar-refractivity contribution in [3.05, 3.63) is 22.7 Å². The van der Waals surface area contributed by atoms with Crippen molar-refractivity contribution in [1.82, 2.24) is 10.2 Å². The molecule has 1 aliphatic rings. The first-order valence-corrected chi connectivity index (χ1v) is 7.82. The quantitative estimate of drug-likeness (QED) is 0.770. The zero-order chi connectivity index (χ0) is 17.4. The van der Waals surface area contributed by atoms with Crippen LogP contribution in [0.3, 0.4) is 0 Å². The molecule has 0 spiro atoms. The number of aromatic hydroxyl groups is 2. The highest BCUT2D eigenvalue weighted by molar-refractivity contribution is 6.32. The van der Waals surface area contributed by atoms with Crippen molar-refractivity contribution in [2.24, 2.45) is 0 Å². The van der Waals surface area contributed by atoms with Crippen LogP contribution >= 0.6 is 11.6 Å². The molecule has 23 heavy (non-hydrogen) atoms. The predicted molar refractivity (Wildman–Crippen MR) is 86.7 cm³/mol. The number of nitrogens with zero attached hydrogens (tertiary/aromatic N) is 1. The number of benzene rings is 1. The number of phenols is 2. The molecule has 1 aromatic rings. The van der Waals surface area contributed by atoms with Gasteiger partial charge in [0.1, 0.15) is 17.5 Å². The van der Waals surface area contributed by atoms with Crippen molar-refractivity contribution in [3.8, 4) is 11.5 Å². The van der Waals surface area contributed by atoms with Crippen LogP contribution in [0.1, 0.15) is 44.0 Å². The summed E-state index contributed by atoms with van der Waals surface area (Å²) < 4.78 is 0. The van der Waals surface area contributed by atoms with Crippen LogP contribution < -0.4 is 5.32 Å². The zero-order valence-corrected chi connectivity index (χ0v) is 14.1. The minimum atomic E-state index is -0.575. The number of likely N-dealkylation sites (tertiary alicyclic amines) is 1. The Kier molecular flexibility index (Phi) is 4.75. The van der Waals surface area contributed by atoms with E-state index < -0.39 is 17.5 Å². The van der Waals surface area contributed by atoms with Gasteiger partial charge in [-0.15, -0.1) is 0 Å². The van der Waals surface area contributed by atoms with Crippen molar-refractivity contribution in [1.29, 1.82) is 0 Å². The number of nitrogens with one attached hydrogen (secondary N) is 1. The third kappa shape index (κ3) is 3.88. The van der Waals surface area contributed by atoms with Gasteiger partial charge in [0.2, 0.25) is 5.91 Å². The molecule has 1 aromatic carbocycles. The Bertz CT molecular complexity index is 640. The highest BCUT2D eigenvalue weighted by Gasteiger charge is 2.36. The van der Waals surface area contributed by atoms with Crippen LogP contribution in [0.25, 0.3) is 0 Å². The molecule has 1 aliphatic heterocycles. The molecule has 3 N–H and O–H groups in total. The summed E-state index contributed by atoms with van der Waals surface area (Å²) >= 11 is 5.81. The average Bonchev–Trinajstić information content (AvgIpc) is 2.89. The van der Waals surface area contributed by atoms with Gasteiger partial charge >= 0.3 is 0 Å². The van der Waals surface area contributed by atoms with Gasteiger partial charge in [-0.1, -0.05) is 11.6 Å². The molecule has 0 unspecified atom stereocenters. The number of rotatable bonds is 2. The minimum Gasteiger partial charge on any atom is -0.507 e. The van der Waals surface area contributed by atoms with E-state index in [0.29, 0.717) is 19.4 Å². The minimum absolute atomic E-state index is 0.0248. The molecule has 2 rings (SSSR count). The Morgan fingerprint density at radius 2 is 1.91 bits per heavy atom. The largest absolute Gasteiger partial charge is 0.507 e. The van der Waals surface area contributed by atoms with Crippen LogP contribution in [-0.4, -0.2) is 45.1 Å². The highest BCUT2D eigenvalue weighted by Crippen LogP contribution is 2.33. The van der Waals surface area contributed by atoms with Crippen molar-refractivity contribution in [2.75, 3.05) is 6.54 Å². The van der Waals surface area contributed by atoms with Gasteiger partial charge in [-0.05, 0) is 39.7 Å². The van der Waals surface area contributed by atoms with E-state index >= 15 is 0 Å². The zero-order valence-electron chi connectivity index (χ0n) is 13.4. The van der Waals surface area contributed by atoms with Crippen molar-refractivity contribution < 1.29 is 19.8 Å². The molecule has 126 valence electrons. The van der Waals surface area contributed by atoms with E-state index in [9.17, 15) is 19.8 Å². The maximum absolute atomic E-state index is 12.7. The summed E-state index contributed by atoms with van der Waals surface area (Å²) in [4.78, 5) is 26.5. The second kappa shape index (κ2) is 6.28. The first-order chi connectivity index (χ1) is 10.6. The molecule has 2 amide bonds. The second-order valence-electron chi connectivity index (χ2n) is 6.72. The normalized spacial score (nSPS) is 18.1. The molecule has 1 heterocycles. The number of hydrogen-bond acceptors (Lipinski definition) is 4. The Hall–Kier alpha value is -1.95. The van der Waals surface area contributed by atoms with Crippen molar-refractivity contribution >= 4 is 23.4 Å². The fourth-order valence-electron chi connectivity index (χ4n) is 2.61. The van der Waals surface area contributed by atoms with Gasteiger partial charge < -0.3 is 20.4 Å². The lowest BCUT2D eigenvalue weighted by molar-refractivity contribution is -0.126. The van der Waals surface area contributed by atoms with E-state index in [-0.39, 0.29) is 28.0 Å². The number of carbonyl (C=O) groups excluding carboxylic acids is 2. The van der Waals surface area contributed by atoms with Crippen LogP contribution in [0, 0.1) is 0 Å². The van der Waals surface area contributed by atoms with Gasteiger partial charge in [0.25, 0.3) is 5.91 Å². The first-order valence-electron chi connectivity index (χ1n) is 7.44. The topological polar surface area (TPSA) is 89.9 Å². The van der Waals surface area contributed by atoms with E-state index in [1.165, 1.54) is 11.0 Å². The summed E-state index contributed by atoms with van der Waals surface area (Å²) in [6.07, 6.45) is 1.28. The predicted octanol–water partition coefficient (Wildman–Crippen LogP) is 2.27. The Labute approximate surface area is 140 Å². The third-order valence-corrected chi connectivity index (χ3v) is 3.91. The molecular formula is C16H21ClN2O4. The van der Waals surface area contributed by atoms with E-state index in [0.717, 1.165) is 6.07 Å². The summed E-state index contributed by atoms with van der Waals surface area (Å²) in [6.45, 7) is 6.05. The monoisotopic (exact) mass is 340 g/mol. The Morgan fingerprint density at radius 3 is 2.52 bits per heavy atom. The van der Waals surface area contributed by atoms with E-state index in [1.54, 1.807) is 0 Å². The lowest BCUT2D eigenvalue weighted by atomic mass is 10.1. The van der Waals surface area contributed by atoms with Gasteiger partial charge in [-0.2, -0.15) is 0 Å². The summed E-state index contributed by atoms with van der Waals surface area (Å²) in [5, 5.41) is 22.2. The van der Waals surface area contributed by atoms with Gasteiger partial charge in [0.15, 0.2) is 0 Å². The lowest BCUT2D eigenvalue weighted by Gasteiger charge is -2.28. The third-order valence-electron chi connectivity index (χ3n) is 3.61. The molecule has 1 saturated heterocycles. The summed E-state index contributed by atoms with van der Waals surface area (Å²) in [5.74, 6) is -1.35. The van der Waals surface area contributed by atoms with Crippen LogP contribution in [-0.2, 0) is 4.79 Å². The number of carbonyl (C=O) groups is 2. The summed E-state index contributed by atoms with van der Waals surface area (Å²) in [7, 11) is 0. The van der Waals surface area contributed by atoms with Crippen LogP contribution in [0.2, 0.25) is 5.02 Å². The SMILES string of the molecule is CC(C)(C)NC(=O)[C@H]1CCCN1C(=O)c1cc(Cl)c(O)cc1O. The highest BCUT2D eigenvalue weighted by atomic mass is 35.5. The van der Waals surface area contributed by atoms with Crippen molar-refractivity contribution in [2.45, 2.75) is 45.2 Å². The van der Waals surface area contributed by atoms with Gasteiger partial charge in [-0.3, -0.25) is 9.59 Å². The average molecular weight is 341 g/mol. The maximum atomic E-state index is 12.7. The van der Waals surface area contributed by atoms with E-state index in [4.69, 9.17) is 11.6 Å². The smallest absolute Gasteiger partial charge is 0.258 e. The summed E-state index contributed by atoms with van der Waals surface area (Å²) in [5.41, 5.74) is -0.415. The van der Waals surface area contributed by atoms with Gasteiger partial charge in [-0.25, -0.2) is 0 Å². The van der Waals surface area contributed by atoms with Crippen molar-refractivity contribution in [3.63, 3.8) is 0 Å². The van der Waals surface area contributed by atoms with Crippen LogP contribution in [0.4, 0.5) is 0 Å². The number of phenolic OH excluding ortho intramolecular Hbond substituents is 2. The number of amides is 2. The number of halogens is 1. The van der Waals surface area contributed by atoms with E-state index in [1.807, 2.05) is 20.8 Å². The molecule has 0 bridgehead atoms. The van der Waals surface area contributed by atoms with Crippen LogP contribution in [0.5, 0.6) is 11.5 Å². The molecule has 0 saturated carbocycles. The maximum Gasteiger partial charge on any atom is 0.258 e. The summed E-state index contributed by atoms with van der Waals surface area (Å²) in [6, 6.07) is 1.66. The van der Waals surface area contributed by atoms with E-state index in [2.05, 4.69) is 5.32 Å². The fourth-order valence-corrected chi connectivity index (χ4v) is 2.78. The molecule has 6 nitrogen and oxygen atoms in total. The molecule has 1 atom stereocenters. The number of hydrogen-bond donors (Lipinski definition) is 3.